The van der Waals surface area contributed by atoms with Crippen molar-refractivity contribution in [2.75, 3.05) is 43.1 Å². The van der Waals surface area contributed by atoms with Crippen molar-refractivity contribution < 1.29 is 9.53 Å². The predicted octanol–water partition coefficient (Wildman–Crippen LogP) is 1.35. The Bertz CT molecular complexity index is 581. The molecule has 2 aliphatic rings. The molecule has 138 valence electrons. The van der Waals surface area contributed by atoms with Gasteiger partial charge in [0, 0.05) is 32.6 Å². The fourth-order valence-corrected chi connectivity index (χ4v) is 3.60. The molecule has 2 aliphatic heterocycles. The maximum absolute atomic E-state index is 11.1. The van der Waals surface area contributed by atoms with Crippen molar-refractivity contribution in [3.05, 3.63) is 0 Å². The van der Waals surface area contributed by atoms with Gasteiger partial charge in [0.05, 0.1) is 7.11 Å². The lowest BCUT2D eigenvalue weighted by molar-refractivity contribution is -0.119. The highest BCUT2D eigenvalue weighted by atomic mass is 16.5. The topological polar surface area (TPSA) is 97.5 Å². The van der Waals surface area contributed by atoms with E-state index in [1.165, 1.54) is 25.7 Å². The predicted molar refractivity (Wildman–Crippen MR) is 95.8 cm³/mol. The number of primary amides is 1. The van der Waals surface area contributed by atoms with Gasteiger partial charge in [-0.05, 0) is 31.6 Å². The van der Waals surface area contributed by atoms with Gasteiger partial charge >= 0.3 is 6.01 Å². The van der Waals surface area contributed by atoms with Gasteiger partial charge < -0.3 is 20.3 Å². The average molecular weight is 348 g/mol. The molecular weight excluding hydrogens is 320 g/mol. The molecule has 0 atom stereocenters. The molecule has 25 heavy (non-hydrogen) atoms. The fraction of sp³-hybridized carbons (Fsp3) is 0.765. The van der Waals surface area contributed by atoms with Crippen molar-refractivity contribution in [3.63, 3.8) is 0 Å². The summed E-state index contributed by atoms with van der Waals surface area (Å²) in [6.45, 7) is 3.61. The molecule has 8 nitrogen and oxygen atoms in total. The van der Waals surface area contributed by atoms with E-state index in [1.807, 2.05) is 0 Å². The van der Waals surface area contributed by atoms with Crippen LogP contribution in [0.2, 0.25) is 0 Å². The van der Waals surface area contributed by atoms with Crippen molar-refractivity contribution in [2.24, 2.45) is 11.7 Å². The lowest BCUT2D eigenvalue weighted by atomic mass is 9.93. The first-order valence-corrected chi connectivity index (χ1v) is 9.24. The third-order valence-electron chi connectivity index (χ3n) is 5.05. The van der Waals surface area contributed by atoms with Crippen LogP contribution in [0.1, 0.15) is 44.9 Å². The molecule has 8 heteroatoms. The molecule has 2 saturated heterocycles. The van der Waals surface area contributed by atoms with Crippen LogP contribution in [0.5, 0.6) is 6.01 Å². The monoisotopic (exact) mass is 348 g/mol. The van der Waals surface area contributed by atoms with Gasteiger partial charge in [0.2, 0.25) is 17.8 Å². The van der Waals surface area contributed by atoms with Gasteiger partial charge in [-0.15, -0.1) is 0 Å². The van der Waals surface area contributed by atoms with Crippen LogP contribution in [0.25, 0.3) is 0 Å². The summed E-state index contributed by atoms with van der Waals surface area (Å²) in [5, 5.41) is 0. The molecule has 0 bridgehead atoms. The molecule has 0 aromatic carbocycles. The summed E-state index contributed by atoms with van der Waals surface area (Å²) in [5.41, 5.74) is 5.31. The Kier molecular flexibility index (Phi) is 5.88. The van der Waals surface area contributed by atoms with Crippen LogP contribution in [0.15, 0.2) is 0 Å². The van der Waals surface area contributed by atoms with Gasteiger partial charge in [-0.3, -0.25) is 4.79 Å². The second-order valence-corrected chi connectivity index (χ2v) is 6.92. The first-order valence-electron chi connectivity index (χ1n) is 9.24. The van der Waals surface area contributed by atoms with Gasteiger partial charge in [-0.25, -0.2) is 0 Å². The first-order chi connectivity index (χ1) is 12.2. The molecule has 3 rings (SSSR count). The molecule has 1 amide bonds. The Morgan fingerprint density at radius 3 is 2.08 bits per heavy atom. The maximum Gasteiger partial charge on any atom is 0.322 e. The summed E-state index contributed by atoms with van der Waals surface area (Å²) in [6.07, 6.45) is 7.18. The summed E-state index contributed by atoms with van der Waals surface area (Å²) in [6, 6.07) is 0.364. The summed E-state index contributed by atoms with van der Waals surface area (Å²) < 4.78 is 5.31. The number of carbonyl (C=O) groups excluding carboxylic acids is 1. The zero-order chi connectivity index (χ0) is 17.6. The van der Waals surface area contributed by atoms with Crippen molar-refractivity contribution in [2.45, 2.75) is 44.9 Å². The van der Waals surface area contributed by atoms with E-state index in [1.54, 1.807) is 7.11 Å². The summed E-state index contributed by atoms with van der Waals surface area (Å²) in [5.74, 6) is 1.53. The highest BCUT2D eigenvalue weighted by Gasteiger charge is 2.24. The number of amides is 1. The molecule has 0 unspecified atom stereocenters. The number of methoxy groups -OCH3 is 1. The molecule has 0 radical (unpaired) electrons. The molecular formula is C17H28N6O2. The molecule has 2 N–H and O–H groups in total. The standard InChI is InChI=1S/C17H28N6O2/c1-25-17-20-15(22-8-4-2-3-5-9-22)19-16(21-17)23-10-6-13(7-11-23)12-14(18)24/h13H,2-12H2,1H3,(H2,18,24). The number of nitrogens with zero attached hydrogens (tertiary/aromatic N) is 5. The molecule has 0 saturated carbocycles. The van der Waals surface area contributed by atoms with E-state index in [2.05, 4.69) is 19.8 Å². The van der Waals surface area contributed by atoms with E-state index in [9.17, 15) is 4.79 Å². The Morgan fingerprint density at radius 2 is 1.56 bits per heavy atom. The Morgan fingerprint density at radius 1 is 1.00 bits per heavy atom. The van der Waals surface area contributed by atoms with E-state index < -0.39 is 0 Å². The van der Waals surface area contributed by atoms with Gasteiger partial charge in [0.15, 0.2) is 0 Å². The van der Waals surface area contributed by atoms with Gasteiger partial charge in [-0.2, -0.15) is 15.0 Å². The number of nitrogens with two attached hydrogens (primary N) is 1. The van der Waals surface area contributed by atoms with E-state index in [-0.39, 0.29) is 5.91 Å². The zero-order valence-corrected chi connectivity index (χ0v) is 15.0. The van der Waals surface area contributed by atoms with Gasteiger partial charge in [-0.1, -0.05) is 12.8 Å². The fourth-order valence-electron chi connectivity index (χ4n) is 3.60. The quantitative estimate of drug-likeness (QED) is 0.858. The smallest absolute Gasteiger partial charge is 0.322 e. The van der Waals surface area contributed by atoms with Crippen molar-refractivity contribution >= 4 is 17.8 Å². The molecule has 0 spiro atoms. The number of aromatic nitrogens is 3. The van der Waals surface area contributed by atoms with E-state index >= 15 is 0 Å². The number of rotatable bonds is 5. The van der Waals surface area contributed by atoms with Crippen LogP contribution in [0.3, 0.4) is 0 Å². The van der Waals surface area contributed by atoms with Crippen LogP contribution in [0.4, 0.5) is 11.9 Å². The highest BCUT2D eigenvalue weighted by molar-refractivity contribution is 5.74. The highest BCUT2D eigenvalue weighted by Crippen LogP contribution is 2.26. The number of carbonyl (C=O) groups is 1. The van der Waals surface area contributed by atoms with Crippen molar-refractivity contribution in [1.82, 2.24) is 15.0 Å². The first kappa shape index (κ1) is 17.7. The van der Waals surface area contributed by atoms with Crippen LogP contribution in [-0.4, -0.2) is 54.1 Å². The van der Waals surface area contributed by atoms with Crippen LogP contribution < -0.4 is 20.3 Å². The molecule has 1 aromatic heterocycles. The molecule has 3 heterocycles. The van der Waals surface area contributed by atoms with E-state index in [0.29, 0.717) is 30.2 Å². The normalized spacial score (nSPS) is 19.6. The van der Waals surface area contributed by atoms with Gasteiger partial charge in [0.25, 0.3) is 0 Å². The zero-order valence-electron chi connectivity index (χ0n) is 15.0. The average Bonchev–Trinajstić information content (AvgIpc) is 2.91. The molecule has 0 aliphatic carbocycles. The second kappa shape index (κ2) is 8.31. The third kappa shape index (κ3) is 4.70. The maximum atomic E-state index is 11.1. The van der Waals surface area contributed by atoms with E-state index in [4.69, 9.17) is 15.5 Å². The lowest BCUT2D eigenvalue weighted by Gasteiger charge is -2.32. The number of piperidine rings is 1. The summed E-state index contributed by atoms with van der Waals surface area (Å²) >= 11 is 0. The second-order valence-electron chi connectivity index (χ2n) is 6.92. The Balaban J connectivity index is 1.72. The number of anilines is 2. The van der Waals surface area contributed by atoms with Gasteiger partial charge in [0.1, 0.15) is 0 Å². The van der Waals surface area contributed by atoms with Crippen molar-refractivity contribution in [1.29, 1.82) is 0 Å². The lowest BCUT2D eigenvalue weighted by Crippen LogP contribution is -2.37. The third-order valence-corrected chi connectivity index (χ3v) is 5.05. The minimum Gasteiger partial charge on any atom is -0.467 e. The van der Waals surface area contributed by atoms with Crippen LogP contribution in [-0.2, 0) is 4.79 Å². The number of hydrogen-bond donors (Lipinski definition) is 1. The van der Waals surface area contributed by atoms with Crippen molar-refractivity contribution in [3.8, 4) is 6.01 Å². The SMILES string of the molecule is COc1nc(N2CCCCCC2)nc(N2CCC(CC(N)=O)CC2)n1. The largest absolute Gasteiger partial charge is 0.467 e. The molecule has 2 fully saturated rings. The van der Waals surface area contributed by atoms with Crippen LogP contribution >= 0.6 is 0 Å². The van der Waals surface area contributed by atoms with Crippen LogP contribution in [0, 0.1) is 5.92 Å². The summed E-state index contributed by atoms with van der Waals surface area (Å²) in [7, 11) is 1.59. The van der Waals surface area contributed by atoms with E-state index in [0.717, 1.165) is 39.0 Å². The molecule has 1 aromatic rings. The minimum atomic E-state index is -0.219. The number of hydrogen-bond acceptors (Lipinski definition) is 7. The minimum absolute atomic E-state index is 0.219. The summed E-state index contributed by atoms with van der Waals surface area (Å²) in [4.78, 5) is 29.1. The Hall–Kier alpha value is -2.12. The Labute approximate surface area is 148 Å². The number of ether oxygens (including phenoxy) is 1.